The number of hydrogen-bond donors (Lipinski definition) is 2. The van der Waals surface area contributed by atoms with Crippen molar-refractivity contribution in [1.29, 1.82) is 0 Å². The van der Waals surface area contributed by atoms with E-state index in [0.29, 0.717) is 12.0 Å². The van der Waals surface area contributed by atoms with E-state index < -0.39 is 12.0 Å². The van der Waals surface area contributed by atoms with Crippen LogP contribution in [0.4, 0.5) is 0 Å². The van der Waals surface area contributed by atoms with Crippen molar-refractivity contribution in [2.75, 3.05) is 0 Å². The highest BCUT2D eigenvalue weighted by Crippen LogP contribution is 2.16. The van der Waals surface area contributed by atoms with Gasteiger partial charge in [-0.05, 0) is 36.6 Å². The molecule has 4 nitrogen and oxygen atoms in total. The number of carbonyl (C=O) groups excluding carboxylic acids is 1. The van der Waals surface area contributed by atoms with Gasteiger partial charge in [-0.25, -0.2) is 4.79 Å². The molecule has 0 saturated carbocycles. The predicted octanol–water partition coefficient (Wildman–Crippen LogP) is 2.99. The minimum atomic E-state index is -1.01. The van der Waals surface area contributed by atoms with Crippen LogP contribution in [0.1, 0.15) is 36.2 Å². The third-order valence-electron chi connectivity index (χ3n) is 3.07. The highest BCUT2D eigenvalue weighted by molar-refractivity contribution is 9.10. The summed E-state index contributed by atoms with van der Waals surface area (Å²) in [6, 6.07) is 4.44. The fourth-order valence-electron chi connectivity index (χ4n) is 1.78. The van der Waals surface area contributed by atoms with E-state index in [4.69, 9.17) is 5.11 Å². The Morgan fingerprint density at radius 3 is 2.47 bits per heavy atom. The van der Waals surface area contributed by atoms with E-state index in [1.807, 2.05) is 26.8 Å². The smallest absolute Gasteiger partial charge is 0.326 e. The molecule has 2 N–H and O–H groups in total. The largest absolute Gasteiger partial charge is 0.480 e. The highest BCUT2D eigenvalue weighted by Gasteiger charge is 2.25. The molecule has 0 spiro atoms. The Hall–Kier alpha value is -1.36. The Kier molecular flexibility index (Phi) is 5.54. The van der Waals surface area contributed by atoms with Gasteiger partial charge in [0.05, 0.1) is 0 Å². The molecule has 19 heavy (non-hydrogen) atoms. The number of carboxylic acids is 1. The summed E-state index contributed by atoms with van der Waals surface area (Å²) in [5.74, 6) is -1.48. The first-order chi connectivity index (χ1) is 8.85. The summed E-state index contributed by atoms with van der Waals surface area (Å²) >= 11 is 3.32. The van der Waals surface area contributed by atoms with E-state index >= 15 is 0 Å². The fraction of sp³-hybridized carbons (Fsp3) is 0.429. The Balaban J connectivity index is 2.90. The molecule has 0 heterocycles. The second-order valence-corrected chi connectivity index (χ2v) is 5.61. The number of hydrogen-bond acceptors (Lipinski definition) is 2. The molecule has 1 aromatic carbocycles. The molecule has 0 aliphatic carbocycles. The molecule has 1 amide bonds. The number of rotatable bonds is 5. The molecule has 0 saturated heterocycles. The van der Waals surface area contributed by atoms with Crippen LogP contribution in [-0.4, -0.2) is 23.0 Å². The van der Waals surface area contributed by atoms with Gasteiger partial charge >= 0.3 is 5.97 Å². The SMILES string of the molecule is CCC(C)[C@H](NC(=O)c1cc(C)cc(Br)c1)C(=O)O. The number of carbonyl (C=O) groups is 2. The van der Waals surface area contributed by atoms with E-state index in [2.05, 4.69) is 21.2 Å². The van der Waals surface area contributed by atoms with Crippen molar-refractivity contribution in [3.63, 3.8) is 0 Å². The third-order valence-corrected chi connectivity index (χ3v) is 3.53. The monoisotopic (exact) mass is 327 g/mol. The first-order valence-corrected chi connectivity index (χ1v) is 6.95. The van der Waals surface area contributed by atoms with Crippen molar-refractivity contribution < 1.29 is 14.7 Å². The zero-order valence-electron chi connectivity index (χ0n) is 11.2. The van der Waals surface area contributed by atoms with Crippen molar-refractivity contribution in [2.45, 2.75) is 33.2 Å². The summed E-state index contributed by atoms with van der Waals surface area (Å²) < 4.78 is 0.799. The third kappa shape index (κ3) is 4.35. The lowest BCUT2D eigenvalue weighted by Gasteiger charge is -2.20. The molecule has 0 aliphatic rings. The molecule has 0 aromatic heterocycles. The molecule has 0 fully saturated rings. The number of aliphatic carboxylic acids is 1. The molecule has 104 valence electrons. The fourth-order valence-corrected chi connectivity index (χ4v) is 2.38. The molecule has 1 rings (SSSR count). The Morgan fingerprint density at radius 1 is 1.37 bits per heavy atom. The minimum absolute atomic E-state index is 0.116. The molecule has 5 heteroatoms. The number of benzene rings is 1. The first-order valence-electron chi connectivity index (χ1n) is 6.16. The summed E-state index contributed by atoms with van der Waals surface area (Å²) in [5.41, 5.74) is 1.40. The average molecular weight is 328 g/mol. The zero-order chi connectivity index (χ0) is 14.6. The van der Waals surface area contributed by atoms with E-state index in [0.717, 1.165) is 10.0 Å². The number of nitrogens with one attached hydrogen (secondary N) is 1. The van der Waals surface area contributed by atoms with E-state index in [1.54, 1.807) is 12.1 Å². The second-order valence-electron chi connectivity index (χ2n) is 4.69. The van der Waals surface area contributed by atoms with Gasteiger partial charge in [-0.1, -0.05) is 36.2 Å². The van der Waals surface area contributed by atoms with Crippen LogP contribution in [0.2, 0.25) is 0 Å². The summed E-state index contributed by atoms with van der Waals surface area (Å²) in [6.45, 7) is 5.59. The Morgan fingerprint density at radius 2 is 2.00 bits per heavy atom. The molecule has 0 radical (unpaired) electrons. The van der Waals surface area contributed by atoms with Crippen molar-refractivity contribution in [2.24, 2.45) is 5.92 Å². The van der Waals surface area contributed by atoms with Gasteiger partial charge in [-0.2, -0.15) is 0 Å². The van der Waals surface area contributed by atoms with Crippen LogP contribution < -0.4 is 5.32 Å². The number of halogens is 1. The summed E-state index contributed by atoms with van der Waals surface area (Å²) in [6.07, 6.45) is 0.689. The quantitative estimate of drug-likeness (QED) is 0.873. The van der Waals surface area contributed by atoms with Crippen molar-refractivity contribution in [3.05, 3.63) is 33.8 Å². The van der Waals surface area contributed by atoms with Crippen molar-refractivity contribution in [3.8, 4) is 0 Å². The molecule has 2 atom stereocenters. The van der Waals surface area contributed by atoms with E-state index in [9.17, 15) is 9.59 Å². The highest BCUT2D eigenvalue weighted by atomic mass is 79.9. The van der Waals surface area contributed by atoms with E-state index in [1.165, 1.54) is 0 Å². The molecular weight excluding hydrogens is 310 g/mol. The number of carboxylic acid groups (broad SMARTS) is 1. The normalized spacial score (nSPS) is 13.7. The van der Waals surface area contributed by atoms with Crippen LogP contribution in [-0.2, 0) is 4.79 Å². The first kappa shape index (κ1) is 15.7. The molecular formula is C14H18BrNO3. The van der Waals surface area contributed by atoms with Gasteiger partial charge < -0.3 is 10.4 Å². The van der Waals surface area contributed by atoms with Crippen LogP contribution in [0.3, 0.4) is 0 Å². The Labute approximate surface area is 121 Å². The maximum absolute atomic E-state index is 12.1. The standard InChI is InChI=1S/C14H18BrNO3/c1-4-9(3)12(14(18)19)16-13(17)10-5-8(2)6-11(15)7-10/h5-7,9,12H,4H2,1-3H3,(H,16,17)(H,18,19)/t9?,12-/m0/s1. The van der Waals surface area contributed by atoms with Crippen LogP contribution in [0, 0.1) is 12.8 Å². The number of aryl methyl sites for hydroxylation is 1. The van der Waals surface area contributed by atoms with Crippen molar-refractivity contribution >= 4 is 27.8 Å². The average Bonchev–Trinajstić information content (AvgIpc) is 2.33. The lowest BCUT2D eigenvalue weighted by molar-refractivity contribution is -0.140. The van der Waals surface area contributed by atoms with Gasteiger partial charge in [0, 0.05) is 10.0 Å². The topological polar surface area (TPSA) is 66.4 Å². The van der Waals surface area contributed by atoms with E-state index in [-0.39, 0.29) is 11.8 Å². The molecule has 1 unspecified atom stereocenters. The van der Waals surface area contributed by atoms with Gasteiger partial charge in [0.2, 0.25) is 0 Å². The van der Waals surface area contributed by atoms with Crippen LogP contribution in [0.25, 0.3) is 0 Å². The predicted molar refractivity (Wildman–Crippen MR) is 77.2 cm³/mol. The van der Waals surface area contributed by atoms with Crippen molar-refractivity contribution in [1.82, 2.24) is 5.32 Å². The van der Waals surface area contributed by atoms with Gasteiger partial charge in [-0.3, -0.25) is 4.79 Å². The summed E-state index contributed by atoms with van der Waals surface area (Å²) in [7, 11) is 0. The maximum atomic E-state index is 12.1. The van der Waals surface area contributed by atoms with Gasteiger partial charge in [0.15, 0.2) is 0 Å². The molecule has 1 aromatic rings. The Bertz CT molecular complexity index is 467. The maximum Gasteiger partial charge on any atom is 0.326 e. The van der Waals surface area contributed by atoms with Crippen LogP contribution >= 0.6 is 15.9 Å². The lowest BCUT2D eigenvalue weighted by Crippen LogP contribution is -2.45. The van der Waals surface area contributed by atoms with Gasteiger partial charge in [0.1, 0.15) is 6.04 Å². The summed E-state index contributed by atoms with van der Waals surface area (Å²) in [4.78, 5) is 23.3. The second kappa shape index (κ2) is 6.70. The lowest BCUT2D eigenvalue weighted by atomic mass is 9.99. The van der Waals surface area contributed by atoms with Crippen LogP contribution in [0.5, 0.6) is 0 Å². The minimum Gasteiger partial charge on any atom is -0.480 e. The molecule has 0 bridgehead atoms. The molecule has 0 aliphatic heterocycles. The van der Waals surface area contributed by atoms with Gasteiger partial charge in [0.25, 0.3) is 5.91 Å². The zero-order valence-corrected chi connectivity index (χ0v) is 12.8. The van der Waals surface area contributed by atoms with Crippen LogP contribution in [0.15, 0.2) is 22.7 Å². The van der Waals surface area contributed by atoms with Gasteiger partial charge in [-0.15, -0.1) is 0 Å². The number of amides is 1. The summed E-state index contributed by atoms with van der Waals surface area (Å²) in [5, 5.41) is 11.7.